The Kier molecular flexibility index (Phi) is 1.42. The monoisotopic (exact) mass is 145 g/mol. The van der Waals surface area contributed by atoms with Gasteiger partial charge in [0.15, 0.2) is 6.17 Å². The highest BCUT2D eigenvalue weighted by Gasteiger charge is 2.49. The molecule has 0 aliphatic carbocycles. The molecule has 2 unspecified atom stereocenters. The fraction of sp³-hybridized carbons (Fsp3) is 1.00. The van der Waals surface area contributed by atoms with Crippen LogP contribution in [0.3, 0.4) is 0 Å². The average molecular weight is 145 g/mol. The number of halogens is 1. The van der Waals surface area contributed by atoms with Gasteiger partial charge in [-0.3, -0.25) is 0 Å². The Balaban J connectivity index is 1.99. The SMILES string of the molecule is FC1COC12CCCNC2. The second kappa shape index (κ2) is 2.17. The molecule has 1 spiro atoms. The molecular formula is C7H12FNO. The van der Waals surface area contributed by atoms with Gasteiger partial charge in [-0.2, -0.15) is 0 Å². The van der Waals surface area contributed by atoms with Gasteiger partial charge in [-0.25, -0.2) is 4.39 Å². The number of alkyl halides is 1. The van der Waals surface area contributed by atoms with Crippen molar-refractivity contribution in [1.82, 2.24) is 5.32 Å². The number of piperidine rings is 1. The molecule has 0 aromatic rings. The van der Waals surface area contributed by atoms with E-state index in [1.807, 2.05) is 0 Å². The van der Waals surface area contributed by atoms with Crippen LogP contribution in [0.15, 0.2) is 0 Å². The molecule has 0 aromatic carbocycles. The van der Waals surface area contributed by atoms with Gasteiger partial charge in [0, 0.05) is 6.54 Å². The maximum atomic E-state index is 12.9. The second-order valence-corrected chi connectivity index (χ2v) is 3.12. The third-order valence-corrected chi connectivity index (χ3v) is 2.47. The van der Waals surface area contributed by atoms with Gasteiger partial charge in [0.25, 0.3) is 0 Å². The lowest BCUT2D eigenvalue weighted by Gasteiger charge is -2.47. The van der Waals surface area contributed by atoms with Crippen LogP contribution >= 0.6 is 0 Å². The minimum absolute atomic E-state index is 0.307. The summed E-state index contributed by atoms with van der Waals surface area (Å²) in [6.45, 7) is 2.02. The van der Waals surface area contributed by atoms with E-state index >= 15 is 0 Å². The summed E-state index contributed by atoms with van der Waals surface area (Å²) in [6.07, 6.45) is 1.21. The largest absolute Gasteiger partial charge is 0.367 e. The van der Waals surface area contributed by atoms with E-state index in [1.54, 1.807) is 0 Å². The van der Waals surface area contributed by atoms with Gasteiger partial charge in [0.1, 0.15) is 5.60 Å². The van der Waals surface area contributed by atoms with Crippen LogP contribution < -0.4 is 5.32 Å². The molecule has 2 saturated heterocycles. The fourth-order valence-electron chi connectivity index (χ4n) is 1.67. The lowest BCUT2D eigenvalue weighted by Crippen LogP contribution is -2.63. The number of hydrogen-bond acceptors (Lipinski definition) is 2. The Morgan fingerprint density at radius 2 is 2.50 bits per heavy atom. The summed E-state index contributed by atoms with van der Waals surface area (Å²) in [5.74, 6) is 0. The molecule has 10 heavy (non-hydrogen) atoms. The number of ether oxygens (including phenoxy) is 1. The number of rotatable bonds is 0. The lowest BCUT2D eigenvalue weighted by atomic mass is 9.85. The highest BCUT2D eigenvalue weighted by molar-refractivity contribution is 5.00. The average Bonchev–Trinajstić information content (AvgIpc) is 2.04. The smallest absolute Gasteiger partial charge is 0.153 e. The third-order valence-electron chi connectivity index (χ3n) is 2.47. The van der Waals surface area contributed by atoms with Gasteiger partial charge in [-0.1, -0.05) is 0 Å². The van der Waals surface area contributed by atoms with Crippen LogP contribution in [0.5, 0.6) is 0 Å². The third kappa shape index (κ3) is 0.772. The van der Waals surface area contributed by atoms with Crippen molar-refractivity contribution in [1.29, 1.82) is 0 Å². The topological polar surface area (TPSA) is 21.3 Å². The second-order valence-electron chi connectivity index (χ2n) is 3.12. The van der Waals surface area contributed by atoms with E-state index in [9.17, 15) is 4.39 Å². The maximum absolute atomic E-state index is 12.9. The van der Waals surface area contributed by atoms with Gasteiger partial charge in [-0.15, -0.1) is 0 Å². The van der Waals surface area contributed by atoms with E-state index in [2.05, 4.69) is 5.32 Å². The van der Waals surface area contributed by atoms with Crippen LogP contribution in [-0.2, 0) is 4.74 Å². The molecule has 0 radical (unpaired) electrons. The number of nitrogens with one attached hydrogen (secondary N) is 1. The highest BCUT2D eigenvalue weighted by Crippen LogP contribution is 2.35. The molecule has 0 saturated carbocycles. The molecule has 58 valence electrons. The Morgan fingerprint density at radius 3 is 2.80 bits per heavy atom. The van der Waals surface area contributed by atoms with Crippen molar-refractivity contribution in [3.63, 3.8) is 0 Å². The first kappa shape index (κ1) is 6.55. The Morgan fingerprint density at radius 1 is 1.60 bits per heavy atom. The van der Waals surface area contributed by atoms with E-state index < -0.39 is 11.8 Å². The first-order valence-corrected chi connectivity index (χ1v) is 3.82. The van der Waals surface area contributed by atoms with Crippen molar-refractivity contribution in [2.45, 2.75) is 24.6 Å². The highest BCUT2D eigenvalue weighted by atomic mass is 19.1. The van der Waals surface area contributed by atoms with Gasteiger partial charge in [0.2, 0.25) is 0 Å². The van der Waals surface area contributed by atoms with Gasteiger partial charge >= 0.3 is 0 Å². The molecule has 2 heterocycles. The van der Waals surface area contributed by atoms with Crippen LogP contribution in [0.2, 0.25) is 0 Å². The molecular weight excluding hydrogens is 133 g/mol. The van der Waals surface area contributed by atoms with Gasteiger partial charge in [-0.05, 0) is 19.4 Å². The lowest BCUT2D eigenvalue weighted by molar-refractivity contribution is -0.216. The van der Waals surface area contributed by atoms with E-state index in [0.29, 0.717) is 13.2 Å². The standard InChI is InChI=1S/C7H12FNO/c8-6-4-10-7(6)2-1-3-9-5-7/h6,9H,1-5H2. The maximum Gasteiger partial charge on any atom is 0.153 e. The molecule has 2 fully saturated rings. The van der Waals surface area contributed by atoms with Crippen molar-refractivity contribution in [3.05, 3.63) is 0 Å². The van der Waals surface area contributed by atoms with Crippen molar-refractivity contribution in [2.24, 2.45) is 0 Å². The van der Waals surface area contributed by atoms with Crippen LogP contribution in [0.4, 0.5) is 4.39 Å². The van der Waals surface area contributed by atoms with Crippen molar-refractivity contribution in [2.75, 3.05) is 19.7 Å². The molecule has 2 atom stereocenters. The molecule has 1 N–H and O–H groups in total. The molecule has 3 heteroatoms. The molecule has 2 rings (SSSR count). The Labute approximate surface area is 59.7 Å². The summed E-state index contributed by atoms with van der Waals surface area (Å²) in [5.41, 5.74) is -0.418. The summed E-state index contributed by atoms with van der Waals surface area (Å²) < 4.78 is 18.1. The summed E-state index contributed by atoms with van der Waals surface area (Å²) in [4.78, 5) is 0. The first-order chi connectivity index (χ1) is 4.83. The van der Waals surface area contributed by atoms with Crippen LogP contribution in [-0.4, -0.2) is 31.5 Å². The Bertz CT molecular complexity index is 134. The molecule has 0 amide bonds. The summed E-state index contributed by atoms with van der Waals surface area (Å²) in [5, 5.41) is 3.14. The summed E-state index contributed by atoms with van der Waals surface area (Å²) in [6, 6.07) is 0. The van der Waals surface area contributed by atoms with Crippen molar-refractivity contribution >= 4 is 0 Å². The van der Waals surface area contributed by atoms with E-state index in [0.717, 1.165) is 19.4 Å². The van der Waals surface area contributed by atoms with Gasteiger partial charge < -0.3 is 10.1 Å². The zero-order valence-corrected chi connectivity index (χ0v) is 5.90. The predicted octanol–water partition coefficient (Wildman–Crippen LogP) is 0.477. The first-order valence-electron chi connectivity index (χ1n) is 3.82. The molecule has 2 aliphatic rings. The number of hydrogen-bond donors (Lipinski definition) is 1. The summed E-state index contributed by atoms with van der Waals surface area (Å²) in [7, 11) is 0. The zero-order valence-electron chi connectivity index (χ0n) is 5.90. The molecule has 2 aliphatic heterocycles. The van der Waals surface area contributed by atoms with Crippen LogP contribution in [0.25, 0.3) is 0 Å². The molecule has 0 aromatic heterocycles. The van der Waals surface area contributed by atoms with Crippen molar-refractivity contribution < 1.29 is 9.13 Å². The van der Waals surface area contributed by atoms with Gasteiger partial charge in [0.05, 0.1) is 6.61 Å². The summed E-state index contributed by atoms with van der Waals surface area (Å²) >= 11 is 0. The van der Waals surface area contributed by atoms with E-state index in [1.165, 1.54) is 0 Å². The van der Waals surface area contributed by atoms with E-state index in [-0.39, 0.29) is 0 Å². The Hall–Kier alpha value is -0.150. The quantitative estimate of drug-likeness (QED) is 0.535. The molecule has 0 bridgehead atoms. The normalized spacial score (nSPS) is 47.1. The van der Waals surface area contributed by atoms with Crippen LogP contribution in [0, 0.1) is 0 Å². The minimum atomic E-state index is -0.722. The predicted molar refractivity (Wildman–Crippen MR) is 35.7 cm³/mol. The minimum Gasteiger partial charge on any atom is -0.367 e. The van der Waals surface area contributed by atoms with Crippen molar-refractivity contribution in [3.8, 4) is 0 Å². The fourth-order valence-corrected chi connectivity index (χ4v) is 1.67. The molecule has 2 nitrogen and oxygen atoms in total. The van der Waals surface area contributed by atoms with Crippen LogP contribution in [0.1, 0.15) is 12.8 Å². The zero-order chi connectivity index (χ0) is 7.03. The van der Waals surface area contributed by atoms with E-state index in [4.69, 9.17) is 4.74 Å².